The topological polar surface area (TPSA) is 95.6 Å². The van der Waals surface area contributed by atoms with E-state index in [4.69, 9.17) is 14.2 Å². The zero-order valence-electron chi connectivity index (χ0n) is 15.6. The smallest absolute Gasteiger partial charge is 0.338 e. The standard InChI is InChI=1S/C19H25N3O4/c1-5-26-18(23)14-6-8-16(9-7-14)22(2)11-10-17(15(12-20)13-21)19(24-3)25-4/h6-9,15,17,19H,5,10-11H2,1-4H3. The van der Waals surface area contributed by atoms with Gasteiger partial charge in [0.2, 0.25) is 0 Å². The Balaban J connectivity index is 2.78. The molecule has 0 aromatic heterocycles. The minimum absolute atomic E-state index is 0.334. The van der Waals surface area contributed by atoms with Crippen LogP contribution in [0.4, 0.5) is 5.69 Å². The van der Waals surface area contributed by atoms with Crippen LogP contribution in [0.15, 0.2) is 24.3 Å². The van der Waals surface area contributed by atoms with Crippen molar-refractivity contribution in [3.63, 3.8) is 0 Å². The predicted molar refractivity (Wildman–Crippen MR) is 96.3 cm³/mol. The van der Waals surface area contributed by atoms with Gasteiger partial charge in [-0.1, -0.05) is 0 Å². The van der Waals surface area contributed by atoms with Gasteiger partial charge in [0.25, 0.3) is 0 Å². The van der Waals surface area contributed by atoms with Gasteiger partial charge in [0.05, 0.1) is 24.3 Å². The summed E-state index contributed by atoms with van der Waals surface area (Å²) < 4.78 is 15.5. The van der Waals surface area contributed by atoms with E-state index in [1.54, 1.807) is 19.1 Å². The number of ether oxygens (including phenoxy) is 3. The Kier molecular flexibility index (Phi) is 9.14. The summed E-state index contributed by atoms with van der Waals surface area (Å²) in [6.07, 6.45) is -0.0901. The number of hydrogen-bond donors (Lipinski definition) is 0. The van der Waals surface area contributed by atoms with Crippen LogP contribution < -0.4 is 4.90 Å². The molecule has 26 heavy (non-hydrogen) atoms. The van der Waals surface area contributed by atoms with E-state index in [-0.39, 0.29) is 11.9 Å². The average molecular weight is 359 g/mol. The molecule has 0 heterocycles. The summed E-state index contributed by atoms with van der Waals surface area (Å²) in [7, 11) is 4.88. The molecular formula is C19H25N3O4. The van der Waals surface area contributed by atoms with Crippen molar-refractivity contribution in [3.8, 4) is 12.1 Å². The van der Waals surface area contributed by atoms with E-state index in [1.165, 1.54) is 14.2 Å². The molecule has 0 aliphatic carbocycles. The van der Waals surface area contributed by atoms with Gasteiger partial charge in [-0.25, -0.2) is 4.79 Å². The zero-order chi connectivity index (χ0) is 19.5. The molecule has 0 spiro atoms. The lowest BCUT2D eigenvalue weighted by Gasteiger charge is -2.28. The van der Waals surface area contributed by atoms with Gasteiger partial charge in [0.15, 0.2) is 6.29 Å². The minimum Gasteiger partial charge on any atom is -0.462 e. The summed E-state index contributed by atoms with van der Waals surface area (Å²) in [5.41, 5.74) is 1.41. The van der Waals surface area contributed by atoms with Gasteiger partial charge in [-0.2, -0.15) is 10.5 Å². The van der Waals surface area contributed by atoms with Crippen LogP contribution in [-0.4, -0.2) is 46.7 Å². The van der Waals surface area contributed by atoms with Crippen molar-refractivity contribution in [1.29, 1.82) is 10.5 Å². The van der Waals surface area contributed by atoms with E-state index >= 15 is 0 Å². The van der Waals surface area contributed by atoms with Crippen molar-refractivity contribution in [1.82, 2.24) is 0 Å². The maximum atomic E-state index is 11.7. The summed E-state index contributed by atoms with van der Waals surface area (Å²) in [5, 5.41) is 18.4. The third-order valence-electron chi connectivity index (χ3n) is 4.14. The highest BCUT2D eigenvalue weighted by Gasteiger charge is 2.30. The first kappa shape index (κ1) is 21.4. The van der Waals surface area contributed by atoms with Gasteiger partial charge < -0.3 is 19.1 Å². The molecule has 0 radical (unpaired) electrons. The monoisotopic (exact) mass is 359 g/mol. The quantitative estimate of drug-likeness (QED) is 0.468. The van der Waals surface area contributed by atoms with Gasteiger partial charge in [0, 0.05) is 39.4 Å². The number of esters is 1. The Hall–Kier alpha value is -2.61. The molecule has 1 aromatic carbocycles. The molecule has 0 bridgehead atoms. The normalized spacial score (nSPS) is 11.7. The molecule has 1 unspecified atom stereocenters. The Labute approximate surface area is 154 Å². The van der Waals surface area contributed by atoms with E-state index in [9.17, 15) is 15.3 Å². The predicted octanol–water partition coefficient (Wildman–Crippen LogP) is 2.59. The molecule has 0 fully saturated rings. The van der Waals surface area contributed by atoms with Gasteiger partial charge in [-0.3, -0.25) is 0 Å². The second-order valence-electron chi connectivity index (χ2n) is 5.72. The fraction of sp³-hybridized carbons (Fsp3) is 0.526. The van der Waals surface area contributed by atoms with Crippen molar-refractivity contribution in [2.24, 2.45) is 11.8 Å². The van der Waals surface area contributed by atoms with Crippen LogP contribution in [0.1, 0.15) is 23.7 Å². The second kappa shape index (κ2) is 11.1. The number of carbonyl (C=O) groups is 1. The lowest BCUT2D eigenvalue weighted by Crippen LogP contribution is -2.33. The molecule has 0 aliphatic rings. The maximum Gasteiger partial charge on any atom is 0.338 e. The summed E-state index contributed by atoms with van der Waals surface area (Å²) in [6.45, 7) is 2.69. The number of benzene rings is 1. The first-order valence-corrected chi connectivity index (χ1v) is 8.35. The van der Waals surface area contributed by atoms with Crippen LogP contribution in [-0.2, 0) is 14.2 Å². The Morgan fingerprint density at radius 1 is 1.15 bits per heavy atom. The number of anilines is 1. The van der Waals surface area contributed by atoms with E-state index in [0.29, 0.717) is 25.1 Å². The van der Waals surface area contributed by atoms with Crippen molar-refractivity contribution in [3.05, 3.63) is 29.8 Å². The van der Waals surface area contributed by atoms with Crippen LogP contribution in [0.5, 0.6) is 0 Å². The fourth-order valence-corrected chi connectivity index (χ4v) is 2.66. The highest BCUT2D eigenvalue weighted by Crippen LogP contribution is 2.24. The molecule has 1 atom stereocenters. The molecule has 7 nitrogen and oxygen atoms in total. The molecular weight excluding hydrogens is 334 g/mol. The molecule has 0 saturated heterocycles. The third kappa shape index (κ3) is 5.73. The number of hydrogen-bond acceptors (Lipinski definition) is 7. The minimum atomic E-state index is -0.820. The summed E-state index contributed by atoms with van der Waals surface area (Å²) in [5.74, 6) is -1.54. The van der Waals surface area contributed by atoms with Crippen LogP contribution >= 0.6 is 0 Å². The van der Waals surface area contributed by atoms with Crippen LogP contribution in [0, 0.1) is 34.5 Å². The van der Waals surface area contributed by atoms with E-state index < -0.39 is 12.2 Å². The lowest BCUT2D eigenvalue weighted by atomic mass is 9.90. The van der Waals surface area contributed by atoms with Crippen molar-refractivity contribution in [2.75, 3.05) is 39.3 Å². The van der Waals surface area contributed by atoms with Gasteiger partial charge in [0.1, 0.15) is 5.92 Å². The van der Waals surface area contributed by atoms with Crippen molar-refractivity contribution in [2.45, 2.75) is 19.6 Å². The first-order chi connectivity index (χ1) is 12.5. The second-order valence-corrected chi connectivity index (χ2v) is 5.72. The maximum absolute atomic E-state index is 11.7. The zero-order valence-corrected chi connectivity index (χ0v) is 15.6. The molecule has 1 aromatic rings. The van der Waals surface area contributed by atoms with Gasteiger partial charge in [-0.15, -0.1) is 0 Å². The van der Waals surface area contributed by atoms with E-state index in [1.807, 2.05) is 36.2 Å². The molecule has 0 amide bonds. The summed E-state index contributed by atoms with van der Waals surface area (Å²) in [6, 6.07) is 11.1. The van der Waals surface area contributed by atoms with Crippen LogP contribution in [0.25, 0.3) is 0 Å². The molecule has 1 rings (SSSR count). The highest BCUT2D eigenvalue weighted by atomic mass is 16.7. The molecule has 0 aliphatic heterocycles. The Bertz CT molecular complexity index is 630. The molecule has 0 N–H and O–H groups in total. The number of nitrogens with zero attached hydrogens (tertiary/aromatic N) is 3. The van der Waals surface area contributed by atoms with E-state index in [0.717, 1.165) is 5.69 Å². The Morgan fingerprint density at radius 2 is 1.73 bits per heavy atom. The number of methoxy groups -OCH3 is 2. The van der Waals surface area contributed by atoms with Crippen molar-refractivity contribution >= 4 is 11.7 Å². The fourth-order valence-electron chi connectivity index (χ4n) is 2.66. The SMILES string of the molecule is CCOC(=O)c1ccc(N(C)CCC(C(C#N)C#N)C(OC)OC)cc1. The number of rotatable bonds is 10. The summed E-state index contributed by atoms with van der Waals surface area (Å²) >= 11 is 0. The van der Waals surface area contributed by atoms with Crippen LogP contribution in [0.3, 0.4) is 0 Å². The van der Waals surface area contributed by atoms with Gasteiger partial charge in [-0.05, 0) is 37.6 Å². The lowest BCUT2D eigenvalue weighted by molar-refractivity contribution is -0.142. The average Bonchev–Trinajstić information content (AvgIpc) is 2.67. The highest BCUT2D eigenvalue weighted by molar-refractivity contribution is 5.89. The first-order valence-electron chi connectivity index (χ1n) is 8.35. The van der Waals surface area contributed by atoms with Gasteiger partial charge >= 0.3 is 5.97 Å². The third-order valence-corrected chi connectivity index (χ3v) is 4.14. The largest absolute Gasteiger partial charge is 0.462 e. The van der Waals surface area contributed by atoms with E-state index in [2.05, 4.69) is 0 Å². The summed E-state index contributed by atoms with van der Waals surface area (Å²) in [4.78, 5) is 13.7. The number of carbonyl (C=O) groups excluding carboxylic acids is 1. The number of nitriles is 2. The Morgan fingerprint density at radius 3 is 2.19 bits per heavy atom. The molecule has 140 valence electrons. The molecule has 0 saturated carbocycles. The van der Waals surface area contributed by atoms with Crippen LogP contribution in [0.2, 0.25) is 0 Å². The molecule has 7 heteroatoms. The van der Waals surface area contributed by atoms with Crippen molar-refractivity contribution < 1.29 is 19.0 Å².